The van der Waals surface area contributed by atoms with Crippen molar-refractivity contribution in [3.05, 3.63) is 67.1 Å². The number of H-pyrrole nitrogens is 1. The molecule has 9 heteroatoms. The van der Waals surface area contributed by atoms with Crippen molar-refractivity contribution in [2.75, 3.05) is 13.1 Å². The van der Waals surface area contributed by atoms with Crippen LogP contribution in [0.3, 0.4) is 0 Å². The van der Waals surface area contributed by atoms with Crippen LogP contribution in [0.25, 0.3) is 22.3 Å². The van der Waals surface area contributed by atoms with Gasteiger partial charge < -0.3 is 15.0 Å². The van der Waals surface area contributed by atoms with Gasteiger partial charge in [-0.1, -0.05) is 23.9 Å². The Hall–Kier alpha value is -4.01. The first-order valence-corrected chi connectivity index (χ1v) is 9.56. The highest BCUT2D eigenvalue weighted by Crippen LogP contribution is 2.37. The Labute approximate surface area is 171 Å². The van der Waals surface area contributed by atoms with Crippen molar-refractivity contribution in [1.82, 2.24) is 35.1 Å². The van der Waals surface area contributed by atoms with E-state index in [1.807, 2.05) is 18.2 Å². The molecule has 0 bridgehead atoms. The quantitative estimate of drug-likeness (QED) is 0.507. The first-order chi connectivity index (χ1) is 14.6. The summed E-state index contributed by atoms with van der Waals surface area (Å²) in [6.07, 6.45) is 4.76. The number of phenols is 1. The number of carbonyl (C=O) groups excluding carboxylic acids is 1. The van der Waals surface area contributed by atoms with E-state index in [2.05, 4.69) is 32.1 Å². The molecule has 0 radical (unpaired) electrons. The topological polar surface area (TPSA) is 113 Å². The van der Waals surface area contributed by atoms with Gasteiger partial charge in [0.1, 0.15) is 5.75 Å². The number of aromatic nitrogens is 6. The molecule has 4 aromatic rings. The van der Waals surface area contributed by atoms with Crippen molar-refractivity contribution in [2.45, 2.75) is 12.0 Å². The predicted octanol–water partition coefficient (Wildman–Crippen LogP) is 2.28. The smallest absolute Gasteiger partial charge is 0.246 e. The maximum absolute atomic E-state index is 12.2. The summed E-state index contributed by atoms with van der Waals surface area (Å²) in [5, 5.41) is 27.6. The first kappa shape index (κ1) is 18.0. The molecule has 1 aliphatic heterocycles. The number of phenolic OH excluding ortho intramolecular Hbond substituents is 1. The van der Waals surface area contributed by atoms with Crippen molar-refractivity contribution >= 4 is 16.9 Å². The fourth-order valence-corrected chi connectivity index (χ4v) is 4.04. The third kappa shape index (κ3) is 3.00. The Bertz CT molecular complexity index is 1230. The number of likely N-dealkylation sites (tertiary alicyclic amines) is 1. The van der Waals surface area contributed by atoms with E-state index in [1.54, 1.807) is 40.2 Å². The SMILES string of the molecule is C=CC(=O)N1CC(c2cc3cc(-c4ccccc4O)nnc3[nH]2)C(n2ccnn2)C1. The van der Waals surface area contributed by atoms with Crippen LogP contribution in [0.5, 0.6) is 5.75 Å². The number of rotatable bonds is 4. The highest BCUT2D eigenvalue weighted by molar-refractivity contribution is 5.87. The van der Waals surface area contributed by atoms with Crippen molar-refractivity contribution < 1.29 is 9.90 Å². The molecule has 2 atom stereocenters. The number of amides is 1. The summed E-state index contributed by atoms with van der Waals surface area (Å²) >= 11 is 0. The Kier molecular flexibility index (Phi) is 4.27. The van der Waals surface area contributed by atoms with Crippen LogP contribution in [0, 0.1) is 0 Å². The highest BCUT2D eigenvalue weighted by atomic mass is 16.3. The van der Waals surface area contributed by atoms with Gasteiger partial charge in [0, 0.05) is 41.8 Å². The zero-order valence-corrected chi connectivity index (χ0v) is 16.0. The molecule has 0 saturated carbocycles. The fraction of sp³-hybridized carbons (Fsp3) is 0.190. The van der Waals surface area contributed by atoms with Gasteiger partial charge in [-0.2, -0.15) is 0 Å². The van der Waals surface area contributed by atoms with Crippen molar-refractivity contribution in [1.29, 1.82) is 0 Å². The van der Waals surface area contributed by atoms with Gasteiger partial charge in [0.25, 0.3) is 0 Å². The normalized spacial score (nSPS) is 18.7. The van der Waals surface area contributed by atoms with Crippen LogP contribution < -0.4 is 0 Å². The molecule has 2 N–H and O–H groups in total. The number of hydrogen-bond acceptors (Lipinski definition) is 6. The number of carbonyl (C=O) groups is 1. The average molecular weight is 401 g/mol. The molecule has 0 spiro atoms. The Morgan fingerprint density at radius 3 is 2.87 bits per heavy atom. The van der Waals surface area contributed by atoms with Crippen LogP contribution in [-0.2, 0) is 4.79 Å². The summed E-state index contributed by atoms with van der Waals surface area (Å²) in [4.78, 5) is 17.3. The van der Waals surface area contributed by atoms with E-state index in [4.69, 9.17) is 0 Å². The van der Waals surface area contributed by atoms with Gasteiger partial charge in [0.2, 0.25) is 5.91 Å². The summed E-state index contributed by atoms with van der Waals surface area (Å²) in [7, 11) is 0. The fourth-order valence-electron chi connectivity index (χ4n) is 4.04. The number of aromatic hydroxyl groups is 1. The molecule has 3 aromatic heterocycles. The molecule has 0 aliphatic carbocycles. The maximum Gasteiger partial charge on any atom is 0.246 e. The number of nitrogens with zero attached hydrogens (tertiary/aromatic N) is 6. The van der Waals surface area contributed by atoms with Gasteiger partial charge in [0.15, 0.2) is 5.65 Å². The van der Waals surface area contributed by atoms with Gasteiger partial charge in [0.05, 0.1) is 17.9 Å². The van der Waals surface area contributed by atoms with Gasteiger partial charge in [-0.25, -0.2) is 4.68 Å². The van der Waals surface area contributed by atoms with Crippen molar-refractivity contribution in [3.8, 4) is 17.0 Å². The molecule has 1 aromatic carbocycles. The lowest BCUT2D eigenvalue weighted by atomic mass is 10.00. The van der Waals surface area contributed by atoms with E-state index in [0.717, 1.165) is 11.1 Å². The predicted molar refractivity (Wildman–Crippen MR) is 110 cm³/mol. The minimum atomic E-state index is -0.111. The number of benzene rings is 1. The largest absolute Gasteiger partial charge is 0.507 e. The third-order valence-electron chi connectivity index (χ3n) is 5.53. The lowest BCUT2D eigenvalue weighted by molar-refractivity contribution is -0.125. The van der Waals surface area contributed by atoms with Crippen molar-refractivity contribution in [2.24, 2.45) is 0 Å². The van der Waals surface area contributed by atoms with Crippen LogP contribution in [0.4, 0.5) is 0 Å². The van der Waals surface area contributed by atoms with E-state index in [-0.39, 0.29) is 23.6 Å². The summed E-state index contributed by atoms with van der Waals surface area (Å²) in [5.41, 5.74) is 2.80. The second-order valence-corrected chi connectivity index (χ2v) is 7.28. The molecule has 1 fully saturated rings. The summed E-state index contributed by atoms with van der Waals surface area (Å²) < 4.78 is 1.78. The van der Waals surface area contributed by atoms with E-state index in [1.165, 1.54) is 6.08 Å². The Morgan fingerprint density at radius 1 is 1.23 bits per heavy atom. The van der Waals surface area contributed by atoms with Gasteiger partial charge in [-0.3, -0.25) is 4.79 Å². The van der Waals surface area contributed by atoms with Crippen LogP contribution >= 0.6 is 0 Å². The van der Waals surface area contributed by atoms with Crippen molar-refractivity contribution in [3.63, 3.8) is 0 Å². The molecule has 2 unspecified atom stereocenters. The number of fused-ring (bicyclic) bond motifs is 1. The first-order valence-electron chi connectivity index (χ1n) is 9.56. The lowest BCUT2D eigenvalue weighted by Crippen LogP contribution is -2.27. The highest BCUT2D eigenvalue weighted by Gasteiger charge is 2.38. The molecular weight excluding hydrogens is 382 g/mol. The molecule has 1 aliphatic rings. The molecule has 9 nitrogen and oxygen atoms in total. The number of hydrogen-bond donors (Lipinski definition) is 2. The maximum atomic E-state index is 12.2. The van der Waals surface area contributed by atoms with Gasteiger partial charge >= 0.3 is 0 Å². The number of aromatic amines is 1. The van der Waals surface area contributed by atoms with E-state index in [0.29, 0.717) is 30.0 Å². The second-order valence-electron chi connectivity index (χ2n) is 7.28. The molecular formula is C21H19N7O2. The Morgan fingerprint density at radius 2 is 2.10 bits per heavy atom. The Balaban J connectivity index is 1.53. The molecule has 1 saturated heterocycles. The molecule has 5 rings (SSSR count). The van der Waals surface area contributed by atoms with Crippen LogP contribution in [0.15, 0.2) is 61.4 Å². The lowest BCUT2D eigenvalue weighted by Gasteiger charge is -2.16. The molecule has 1 amide bonds. The standard InChI is InChI=1S/C21H19N7O2/c1-2-20(30)27-11-15(18(12-27)28-8-7-22-26-28)16-9-13-10-17(24-25-21(13)23-16)14-5-3-4-6-19(14)29/h2-10,15,18,29H,1,11-12H2,(H,23,25). The van der Waals surface area contributed by atoms with Crippen LogP contribution in [-0.4, -0.2) is 59.2 Å². The monoisotopic (exact) mass is 401 g/mol. The average Bonchev–Trinajstić information content (AvgIpc) is 3.51. The van der Waals surface area contributed by atoms with E-state index < -0.39 is 0 Å². The van der Waals surface area contributed by atoms with E-state index in [9.17, 15) is 9.90 Å². The second kappa shape index (κ2) is 7.11. The van der Waals surface area contributed by atoms with Crippen LogP contribution in [0.1, 0.15) is 17.7 Å². The van der Waals surface area contributed by atoms with Crippen LogP contribution in [0.2, 0.25) is 0 Å². The number of para-hydroxylation sites is 1. The third-order valence-corrected chi connectivity index (χ3v) is 5.53. The minimum Gasteiger partial charge on any atom is -0.507 e. The van der Waals surface area contributed by atoms with Gasteiger partial charge in [-0.15, -0.1) is 15.3 Å². The summed E-state index contributed by atoms with van der Waals surface area (Å²) in [6, 6.07) is 10.9. The molecule has 4 heterocycles. The zero-order valence-electron chi connectivity index (χ0n) is 16.0. The summed E-state index contributed by atoms with van der Waals surface area (Å²) in [6.45, 7) is 4.65. The van der Waals surface area contributed by atoms with Gasteiger partial charge in [-0.05, 0) is 30.3 Å². The summed E-state index contributed by atoms with van der Waals surface area (Å²) in [5.74, 6) is 0.0289. The number of nitrogens with one attached hydrogen (secondary N) is 1. The minimum absolute atomic E-state index is 0.0154. The zero-order chi connectivity index (χ0) is 20.7. The molecule has 150 valence electrons. The molecule has 30 heavy (non-hydrogen) atoms. The van der Waals surface area contributed by atoms with E-state index >= 15 is 0 Å².